The fraction of sp³-hybridized carbons (Fsp3) is 0.409. The summed E-state index contributed by atoms with van der Waals surface area (Å²) in [6, 6.07) is 15.4. The van der Waals surface area contributed by atoms with E-state index in [0.717, 1.165) is 25.2 Å². The summed E-state index contributed by atoms with van der Waals surface area (Å²) >= 11 is 5.96. The number of ether oxygens (including phenoxy) is 1. The molecule has 1 amide bonds. The van der Waals surface area contributed by atoms with Crippen molar-refractivity contribution in [3.05, 3.63) is 64.7 Å². The van der Waals surface area contributed by atoms with Gasteiger partial charge in [-0.15, -0.1) is 0 Å². The van der Waals surface area contributed by atoms with Crippen molar-refractivity contribution < 1.29 is 9.53 Å². The van der Waals surface area contributed by atoms with Gasteiger partial charge in [0.2, 0.25) is 0 Å². The number of nitrogens with zero attached hydrogens (tertiary/aromatic N) is 1. The number of nitrogens with one attached hydrogen (secondary N) is 1. The Morgan fingerprint density at radius 3 is 2.59 bits per heavy atom. The van der Waals surface area contributed by atoms with Gasteiger partial charge in [-0.05, 0) is 62.2 Å². The third-order valence-corrected chi connectivity index (χ3v) is 5.13. The summed E-state index contributed by atoms with van der Waals surface area (Å²) in [5.74, 6) is 0.457. The van der Waals surface area contributed by atoms with Crippen LogP contribution in [0.2, 0.25) is 5.02 Å². The van der Waals surface area contributed by atoms with Crippen LogP contribution in [-0.2, 0) is 17.9 Å². The Hall–Kier alpha value is -2.04. The van der Waals surface area contributed by atoms with Gasteiger partial charge in [0.1, 0.15) is 5.75 Å². The van der Waals surface area contributed by atoms with Crippen LogP contribution < -0.4 is 10.1 Å². The third kappa shape index (κ3) is 5.98. The number of hydrogen-bond donors (Lipinski definition) is 1. The van der Waals surface area contributed by atoms with Crippen molar-refractivity contribution in [2.75, 3.05) is 13.1 Å². The average molecular weight is 387 g/mol. The first kappa shape index (κ1) is 19.7. The van der Waals surface area contributed by atoms with Gasteiger partial charge in [-0.25, -0.2) is 0 Å². The molecule has 1 atom stereocenters. The highest BCUT2D eigenvalue weighted by molar-refractivity contribution is 6.30. The fourth-order valence-electron chi connectivity index (χ4n) is 3.37. The Bertz CT molecular complexity index is 759. The predicted molar refractivity (Wildman–Crippen MR) is 109 cm³/mol. The van der Waals surface area contributed by atoms with Crippen molar-refractivity contribution in [1.29, 1.82) is 0 Å². The molecule has 1 fully saturated rings. The highest BCUT2D eigenvalue weighted by Crippen LogP contribution is 2.19. The van der Waals surface area contributed by atoms with Crippen LogP contribution in [0.3, 0.4) is 0 Å². The van der Waals surface area contributed by atoms with Crippen molar-refractivity contribution in [3.8, 4) is 5.75 Å². The summed E-state index contributed by atoms with van der Waals surface area (Å²) in [7, 11) is 0. The van der Waals surface area contributed by atoms with Gasteiger partial charge < -0.3 is 10.1 Å². The Balaban J connectivity index is 1.55. The van der Waals surface area contributed by atoms with Crippen molar-refractivity contribution in [1.82, 2.24) is 10.2 Å². The lowest BCUT2D eigenvalue weighted by Crippen LogP contribution is -2.36. The quantitative estimate of drug-likeness (QED) is 0.766. The van der Waals surface area contributed by atoms with Crippen LogP contribution in [0.1, 0.15) is 37.3 Å². The first-order valence-corrected chi connectivity index (χ1v) is 9.98. The molecule has 1 aliphatic heterocycles. The molecule has 1 saturated heterocycles. The van der Waals surface area contributed by atoms with Crippen LogP contribution in [-0.4, -0.2) is 30.0 Å². The average Bonchev–Trinajstić information content (AvgIpc) is 2.68. The summed E-state index contributed by atoms with van der Waals surface area (Å²) in [6.07, 6.45) is 3.30. The molecular weight excluding hydrogens is 360 g/mol. The van der Waals surface area contributed by atoms with Gasteiger partial charge in [0.25, 0.3) is 5.91 Å². The monoisotopic (exact) mass is 386 g/mol. The molecule has 1 heterocycles. The van der Waals surface area contributed by atoms with E-state index in [2.05, 4.69) is 28.4 Å². The summed E-state index contributed by atoms with van der Waals surface area (Å²) < 4.78 is 5.69. The molecule has 3 rings (SSSR count). The zero-order valence-electron chi connectivity index (χ0n) is 15.8. The summed E-state index contributed by atoms with van der Waals surface area (Å²) in [4.78, 5) is 14.9. The van der Waals surface area contributed by atoms with Crippen molar-refractivity contribution in [2.24, 2.45) is 0 Å². The number of carbonyl (C=O) groups is 1. The van der Waals surface area contributed by atoms with Gasteiger partial charge in [-0.3, -0.25) is 9.69 Å². The highest BCUT2D eigenvalue weighted by atomic mass is 35.5. The van der Waals surface area contributed by atoms with Gasteiger partial charge in [0.15, 0.2) is 6.10 Å². The molecule has 4 nitrogen and oxygen atoms in total. The molecule has 0 saturated carbocycles. The van der Waals surface area contributed by atoms with E-state index in [-0.39, 0.29) is 5.91 Å². The van der Waals surface area contributed by atoms with E-state index in [0.29, 0.717) is 17.3 Å². The normalized spacial score (nSPS) is 15.9. The second-order valence-electron chi connectivity index (χ2n) is 7.04. The Morgan fingerprint density at radius 2 is 1.85 bits per heavy atom. The molecule has 0 radical (unpaired) electrons. The smallest absolute Gasteiger partial charge is 0.261 e. The maximum absolute atomic E-state index is 12.4. The number of hydrogen-bond acceptors (Lipinski definition) is 3. The van der Waals surface area contributed by atoms with E-state index in [9.17, 15) is 4.79 Å². The first-order chi connectivity index (χ1) is 13.1. The number of halogens is 1. The topological polar surface area (TPSA) is 41.6 Å². The Labute approximate surface area is 166 Å². The summed E-state index contributed by atoms with van der Waals surface area (Å²) in [5, 5.41) is 3.59. The molecule has 2 aromatic carbocycles. The Morgan fingerprint density at radius 1 is 1.11 bits per heavy atom. The molecule has 144 valence electrons. The third-order valence-electron chi connectivity index (χ3n) is 4.89. The fourth-order valence-corrected chi connectivity index (χ4v) is 3.55. The molecule has 0 unspecified atom stereocenters. The molecule has 0 bridgehead atoms. The highest BCUT2D eigenvalue weighted by Gasteiger charge is 2.16. The van der Waals surface area contributed by atoms with Crippen LogP contribution >= 0.6 is 11.6 Å². The lowest BCUT2D eigenvalue weighted by molar-refractivity contribution is -0.127. The number of rotatable bonds is 7. The molecule has 27 heavy (non-hydrogen) atoms. The molecule has 0 spiro atoms. The molecule has 0 aromatic heterocycles. The van der Waals surface area contributed by atoms with Crippen molar-refractivity contribution in [3.63, 3.8) is 0 Å². The van der Waals surface area contributed by atoms with Crippen LogP contribution in [0.15, 0.2) is 48.5 Å². The molecular formula is C22H27ClN2O2. The lowest BCUT2D eigenvalue weighted by atomic mass is 10.0. The Kier molecular flexibility index (Phi) is 7.13. The van der Waals surface area contributed by atoms with Gasteiger partial charge in [-0.2, -0.15) is 0 Å². The maximum atomic E-state index is 12.4. The van der Waals surface area contributed by atoms with E-state index in [4.69, 9.17) is 16.3 Å². The summed E-state index contributed by atoms with van der Waals surface area (Å²) in [5.41, 5.74) is 2.44. The standard InChI is InChI=1S/C22H27ClN2O2/c1-17(27-21-11-7-10-20(23)14-21)22(26)24-15-18-8-3-4-9-19(18)16-25-12-5-2-6-13-25/h3-4,7-11,14,17H,2,5-6,12-13,15-16H2,1H3,(H,24,26)/t17-/m0/s1. The van der Waals surface area contributed by atoms with Gasteiger partial charge in [-0.1, -0.05) is 48.4 Å². The predicted octanol–water partition coefficient (Wildman–Crippen LogP) is 4.41. The van der Waals surface area contributed by atoms with Crippen molar-refractivity contribution in [2.45, 2.75) is 45.4 Å². The minimum absolute atomic E-state index is 0.136. The lowest BCUT2D eigenvalue weighted by Gasteiger charge is -2.27. The summed E-state index contributed by atoms with van der Waals surface area (Å²) in [6.45, 7) is 5.51. The molecule has 2 aromatic rings. The van der Waals surface area contributed by atoms with E-state index in [1.165, 1.54) is 24.8 Å². The molecule has 5 heteroatoms. The van der Waals surface area contributed by atoms with Crippen LogP contribution in [0.25, 0.3) is 0 Å². The van der Waals surface area contributed by atoms with Gasteiger partial charge >= 0.3 is 0 Å². The molecule has 0 aliphatic carbocycles. The van der Waals surface area contributed by atoms with Gasteiger partial charge in [0, 0.05) is 18.1 Å². The van der Waals surface area contributed by atoms with Crippen molar-refractivity contribution >= 4 is 17.5 Å². The minimum Gasteiger partial charge on any atom is -0.481 e. The number of amides is 1. The first-order valence-electron chi connectivity index (χ1n) is 9.61. The second kappa shape index (κ2) is 9.77. The number of benzene rings is 2. The van der Waals surface area contributed by atoms with Crippen LogP contribution in [0.4, 0.5) is 0 Å². The maximum Gasteiger partial charge on any atom is 0.261 e. The van der Waals surface area contributed by atoms with Gasteiger partial charge in [0.05, 0.1) is 0 Å². The molecule has 1 aliphatic rings. The zero-order chi connectivity index (χ0) is 19.1. The number of piperidine rings is 1. The van der Waals surface area contributed by atoms with E-state index in [1.807, 2.05) is 6.07 Å². The zero-order valence-corrected chi connectivity index (χ0v) is 16.5. The van der Waals surface area contributed by atoms with E-state index in [1.54, 1.807) is 31.2 Å². The largest absolute Gasteiger partial charge is 0.481 e. The minimum atomic E-state index is -0.585. The second-order valence-corrected chi connectivity index (χ2v) is 7.48. The number of likely N-dealkylation sites (tertiary alicyclic amines) is 1. The van der Waals surface area contributed by atoms with E-state index >= 15 is 0 Å². The van der Waals surface area contributed by atoms with Crippen LogP contribution in [0, 0.1) is 0 Å². The van der Waals surface area contributed by atoms with Crippen LogP contribution in [0.5, 0.6) is 5.75 Å². The SMILES string of the molecule is C[C@H](Oc1cccc(Cl)c1)C(=O)NCc1ccccc1CN1CCCCC1. The number of carbonyl (C=O) groups excluding carboxylic acids is 1. The van der Waals surface area contributed by atoms with E-state index < -0.39 is 6.10 Å². The molecule has 1 N–H and O–H groups in total.